The Morgan fingerprint density at radius 3 is 2.56 bits per heavy atom. The van der Waals surface area contributed by atoms with Crippen molar-refractivity contribution in [1.29, 1.82) is 0 Å². The zero-order valence-electron chi connectivity index (χ0n) is 24.4. The van der Waals surface area contributed by atoms with E-state index in [0.717, 1.165) is 29.7 Å². The molecule has 0 spiro atoms. The molecule has 2 fully saturated rings. The average Bonchev–Trinajstić information content (AvgIpc) is 3.17. The normalized spacial score (nSPS) is 27.8. The summed E-state index contributed by atoms with van der Waals surface area (Å²) in [6, 6.07) is 16.3. The molecule has 5 rings (SSSR count). The van der Waals surface area contributed by atoms with E-state index in [9.17, 15) is 14.4 Å². The lowest BCUT2D eigenvalue weighted by atomic mass is 9.82. The molecule has 9 heteroatoms. The van der Waals surface area contributed by atoms with Gasteiger partial charge in [0.1, 0.15) is 18.3 Å². The summed E-state index contributed by atoms with van der Waals surface area (Å²) in [6.07, 6.45) is 2.93. The van der Waals surface area contributed by atoms with Crippen LogP contribution in [-0.2, 0) is 25.5 Å². The fourth-order valence-electron chi connectivity index (χ4n) is 6.40. The topological polar surface area (TPSA) is 99.8 Å². The van der Waals surface area contributed by atoms with E-state index in [-0.39, 0.29) is 29.9 Å². The van der Waals surface area contributed by atoms with E-state index in [2.05, 4.69) is 40.2 Å². The molecule has 2 saturated heterocycles. The smallest absolute Gasteiger partial charge is 0.247 e. The molecule has 8 nitrogen and oxygen atoms in total. The van der Waals surface area contributed by atoms with Gasteiger partial charge in [0.15, 0.2) is 0 Å². The second kappa shape index (κ2) is 12.5. The minimum Gasteiger partial charge on any atom is -0.354 e. The number of thioether (sulfide) groups is 1. The predicted molar refractivity (Wildman–Crippen MR) is 160 cm³/mol. The zero-order chi connectivity index (χ0) is 29.1. The van der Waals surface area contributed by atoms with Gasteiger partial charge in [-0.2, -0.15) is 0 Å². The molecule has 0 saturated carbocycles. The van der Waals surface area contributed by atoms with Crippen LogP contribution in [0.2, 0.25) is 0 Å². The van der Waals surface area contributed by atoms with E-state index in [4.69, 9.17) is 4.74 Å². The lowest BCUT2D eigenvalue weighted by molar-refractivity contribution is -0.151. The van der Waals surface area contributed by atoms with Crippen LogP contribution < -0.4 is 16.0 Å². The van der Waals surface area contributed by atoms with Crippen LogP contribution in [0.4, 0.5) is 0 Å². The van der Waals surface area contributed by atoms with Gasteiger partial charge in [-0.1, -0.05) is 56.3 Å². The van der Waals surface area contributed by atoms with Gasteiger partial charge in [0.2, 0.25) is 17.7 Å². The molecule has 2 heterocycles. The van der Waals surface area contributed by atoms with Gasteiger partial charge in [0.05, 0.1) is 18.2 Å². The third-order valence-electron chi connectivity index (χ3n) is 8.69. The first-order valence-corrected chi connectivity index (χ1v) is 15.7. The van der Waals surface area contributed by atoms with Crippen LogP contribution in [0.1, 0.15) is 63.6 Å². The number of amides is 3. The van der Waals surface area contributed by atoms with Gasteiger partial charge in [0, 0.05) is 23.5 Å². The van der Waals surface area contributed by atoms with Crippen molar-refractivity contribution in [3.8, 4) is 0 Å². The van der Waals surface area contributed by atoms with Crippen molar-refractivity contribution < 1.29 is 19.1 Å². The summed E-state index contributed by atoms with van der Waals surface area (Å²) in [5, 5.41) is 9.21. The number of nitrogens with zero attached hydrogens (tertiary/aromatic N) is 1. The van der Waals surface area contributed by atoms with Crippen LogP contribution in [0.15, 0.2) is 59.5 Å². The quantitative estimate of drug-likeness (QED) is 0.412. The van der Waals surface area contributed by atoms with Crippen molar-refractivity contribution in [2.75, 3.05) is 12.8 Å². The van der Waals surface area contributed by atoms with Crippen LogP contribution in [0.25, 0.3) is 0 Å². The molecule has 2 aliphatic heterocycles. The van der Waals surface area contributed by atoms with E-state index >= 15 is 0 Å². The molecule has 3 aliphatic rings. The van der Waals surface area contributed by atoms with Crippen LogP contribution >= 0.6 is 11.8 Å². The Morgan fingerprint density at radius 1 is 1.07 bits per heavy atom. The molecule has 1 aliphatic carbocycles. The Labute approximate surface area is 247 Å². The molecule has 0 radical (unpaired) electrons. The van der Waals surface area contributed by atoms with Crippen LogP contribution in [0.5, 0.6) is 0 Å². The number of likely N-dealkylation sites (N-methyl/N-ethyl adjacent to an activating group) is 1. The molecule has 220 valence electrons. The molecular formula is C32H42N4O4S. The standard InChI is InChI=1S/C32H42N4O4S/c1-20(33-4)29(37)35-26-17-22(19-41-23-13-6-5-7-14-23)40-27-18-32(2,3)28(36(27)31(26)39)30(38)34-25-16-10-12-21-11-8-9-15-24(21)25/h5-9,11,13-15,20,22,25-28,33H,10,12,16-19H2,1-4H3,(H,34,38)(H,35,37)/t20-,22?,25+,26-,27?,28?/m0/s1. The van der Waals surface area contributed by atoms with E-state index in [0.29, 0.717) is 18.6 Å². The Balaban J connectivity index is 1.40. The maximum atomic E-state index is 14.2. The second-order valence-electron chi connectivity index (χ2n) is 12.1. The molecule has 2 aromatic carbocycles. The van der Waals surface area contributed by atoms with E-state index in [1.54, 1.807) is 30.6 Å². The van der Waals surface area contributed by atoms with Crippen molar-refractivity contribution in [2.45, 2.75) is 94.3 Å². The molecule has 3 unspecified atom stereocenters. The Hall–Kier alpha value is -2.88. The van der Waals surface area contributed by atoms with E-state index in [1.165, 1.54) is 5.56 Å². The summed E-state index contributed by atoms with van der Waals surface area (Å²) >= 11 is 1.67. The van der Waals surface area contributed by atoms with Crippen LogP contribution in [0.3, 0.4) is 0 Å². The third-order valence-corrected chi connectivity index (χ3v) is 9.83. The first kappa shape index (κ1) is 29.6. The van der Waals surface area contributed by atoms with Gasteiger partial charge >= 0.3 is 0 Å². The summed E-state index contributed by atoms with van der Waals surface area (Å²) in [5.74, 6) is -0.0428. The Kier molecular flexibility index (Phi) is 9.06. The summed E-state index contributed by atoms with van der Waals surface area (Å²) in [4.78, 5) is 44.0. The maximum absolute atomic E-state index is 14.2. The lowest BCUT2D eigenvalue weighted by Gasteiger charge is -2.35. The first-order chi connectivity index (χ1) is 19.7. The number of benzene rings is 2. The van der Waals surface area contributed by atoms with Crippen molar-refractivity contribution in [3.63, 3.8) is 0 Å². The monoisotopic (exact) mass is 578 g/mol. The number of nitrogens with one attached hydrogen (secondary N) is 3. The molecule has 3 N–H and O–H groups in total. The van der Waals surface area contributed by atoms with Gasteiger partial charge in [0.25, 0.3) is 0 Å². The largest absolute Gasteiger partial charge is 0.354 e. The second-order valence-corrected chi connectivity index (χ2v) is 13.2. The molecule has 41 heavy (non-hydrogen) atoms. The highest BCUT2D eigenvalue weighted by atomic mass is 32.2. The van der Waals surface area contributed by atoms with Crippen molar-refractivity contribution >= 4 is 29.5 Å². The van der Waals surface area contributed by atoms with Gasteiger partial charge in [-0.05, 0) is 61.9 Å². The number of hydrogen-bond acceptors (Lipinski definition) is 6. The minimum atomic E-state index is -0.788. The summed E-state index contributed by atoms with van der Waals surface area (Å²) in [5.41, 5.74) is 1.91. The summed E-state index contributed by atoms with van der Waals surface area (Å²) in [7, 11) is 1.71. The Morgan fingerprint density at radius 2 is 1.80 bits per heavy atom. The van der Waals surface area contributed by atoms with Gasteiger partial charge < -0.3 is 25.6 Å². The maximum Gasteiger partial charge on any atom is 0.247 e. The van der Waals surface area contributed by atoms with E-state index < -0.39 is 29.8 Å². The predicted octanol–water partition coefficient (Wildman–Crippen LogP) is 3.81. The Bertz CT molecular complexity index is 1260. The van der Waals surface area contributed by atoms with E-state index in [1.807, 2.05) is 44.2 Å². The zero-order valence-corrected chi connectivity index (χ0v) is 25.2. The number of hydrogen-bond donors (Lipinski definition) is 3. The summed E-state index contributed by atoms with van der Waals surface area (Å²) < 4.78 is 6.63. The van der Waals surface area contributed by atoms with Crippen molar-refractivity contribution in [2.24, 2.45) is 5.41 Å². The fraction of sp³-hybridized carbons (Fsp3) is 0.531. The molecule has 0 bridgehead atoms. The van der Waals surface area contributed by atoms with Gasteiger partial charge in [-0.3, -0.25) is 14.4 Å². The SMILES string of the molecule is CN[C@@H](C)C(=O)N[C@H]1CC(CSc2ccccc2)OC2CC(C)(C)C(C(=O)N[C@@H]3CCCc4ccccc43)N2C1=O. The fourth-order valence-corrected chi connectivity index (χ4v) is 7.35. The number of ether oxygens (including phenoxy) is 1. The summed E-state index contributed by atoms with van der Waals surface area (Å²) in [6.45, 7) is 5.82. The first-order valence-electron chi connectivity index (χ1n) is 14.7. The highest BCUT2D eigenvalue weighted by Gasteiger charge is 2.56. The van der Waals surface area contributed by atoms with Crippen LogP contribution in [-0.4, -0.2) is 65.9 Å². The van der Waals surface area contributed by atoms with Crippen molar-refractivity contribution in [1.82, 2.24) is 20.9 Å². The number of aryl methyl sites for hydroxylation is 1. The van der Waals surface area contributed by atoms with Gasteiger partial charge in [-0.15, -0.1) is 11.8 Å². The minimum absolute atomic E-state index is 0.0905. The number of carbonyl (C=O) groups excluding carboxylic acids is 3. The highest BCUT2D eigenvalue weighted by molar-refractivity contribution is 7.99. The molecule has 2 aromatic rings. The molecule has 3 amide bonds. The third kappa shape index (κ3) is 6.47. The average molecular weight is 579 g/mol. The lowest BCUT2D eigenvalue weighted by Crippen LogP contribution is -2.58. The van der Waals surface area contributed by atoms with Crippen LogP contribution in [0, 0.1) is 5.41 Å². The molecular weight excluding hydrogens is 536 g/mol. The van der Waals surface area contributed by atoms with Gasteiger partial charge in [-0.25, -0.2) is 0 Å². The van der Waals surface area contributed by atoms with Crippen molar-refractivity contribution in [3.05, 3.63) is 65.7 Å². The number of carbonyl (C=O) groups is 3. The molecule has 0 aromatic heterocycles. The number of rotatable bonds is 8. The number of fused-ring (bicyclic) bond motifs is 2. The highest BCUT2D eigenvalue weighted by Crippen LogP contribution is 2.44. The molecule has 6 atom stereocenters.